The minimum Gasteiger partial charge on any atom is -0.497 e. The summed E-state index contributed by atoms with van der Waals surface area (Å²) in [4.78, 5) is 22.3. The molecule has 0 spiro atoms. The first-order valence-corrected chi connectivity index (χ1v) is 9.25. The molecule has 0 saturated carbocycles. The van der Waals surface area contributed by atoms with Crippen LogP contribution in [0.1, 0.15) is 12.6 Å². The summed E-state index contributed by atoms with van der Waals surface area (Å²) in [5.41, 5.74) is 3.39. The molecule has 4 aromatic rings. The van der Waals surface area contributed by atoms with Crippen molar-refractivity contribution in [1.29, 1.82) is 0 Å². The van der Waals surface area contributed by atoms with Crippen molar-refractivity contribution in [3.05, 3.63) is 70.8 Å². The van der Waals surface area contributed by atoms with Crippen LogP contribution in [0.15, 0.2) is 59.5 Å². The third-order valence-corrected chi connectivity index (χ3v) is 4.51. The molecule has 146 valence electrons. The first-order chi connectivity index (χ1) is 14.1. The number of hydrogen-bond donors (Lipinski definition) is 0. The Kier molecular flexibility index (Phi) is 4.95. The van der Waals surface area contributed by atoms with E-state index in [9.17, 15) is 4.79 Å². The number of methoxy groups -OCH3 is 1. The van der Waals surface area contributed by atoms with Crippen molar-refractivity contribution in [2.45, 2.75) is 13.8 Å². The number of hydrogen-bond acceptors (Lipinski definition) is 6. The molecule has 7 nitrogen and oxygen atoms in total. The minimum absolute atomic E-state index is 0.283. The Balaban J connectivity index is 2.01. The first-order valence-electron chi connectivity index (χ1n) is 9.25. The third-order valence-electron chi connectivity index (χ3n) is 4.51. The van der Waals surface area contributed by atoms with Gasteiger partial charge in [0, 0.05) is 23.5 Å². The van der Waals surface area contributed by atoms with Crippen LogP contribution in [-0.2, 0) is 0 Å². The molecular formula is C22H20N4O3. The van der Waals surface area contributed by atoms with Crippen LogP contribution in [0.5, 0.6) is 11.6 Å². The lowest BCUT2D eigenvalue weighted by molar-refractivity contribution is 0.328. The van der Waals surface area contributed by atoms with Gasteiger partial charge in [-0.25, -0.2) is 4.98 Å². The van der Waals surface area contributed by atoms with Crippen molar-refractivity contribution in [3.63, 3.8) is 0 Å². The second-order valence-electron chi connectivity index (χ2n) is 6.43. The molecule has 0 atom stereocenters. The summed E-state index contributed by atoms with van der Waals surface area (Å²) in [7, 11) is 1.60. The van der Waals surface area contributed by atoms with Gasteiger partial charge < -0.3 is 9.47 Å². The van der Waals surface area contributed by atoms with Gasteiger partial charge in [0.2, 0.25) is 5.88 Å². The summed E-state index contributed by atoms with van der Waals surface area (Å²) in [5.74, 6) is 1.15. The van der Waals surface area contributed by atoms with Gasteiger partial charge in [-0.05, 0) is 50.2 Å². The van der Waals surface area contributed by atoms with Gasteiger partial charge >= 0.3 is 0 Å². The van der Waals surface area contributed by atoms with Crippen molar-refractivity contribution >= 4 is 11.0 Å². The maximum atomic E-state index is 13.5. The van der Waals surface area contributed by atoms with Gasteiger partial charge in [-0.3, -0.25) is 9.78 Å². The summed E-state index contributed by atoms with van der Waals surface area (Å²) in [6.07, 6.45) is 1.68. The molecule has 3 heterocycles. The second kappa shape index (κ2) is 7.71. The number of pyridine rings is 2. The molecule has 0 bridgehead atoms. The van der Waals surface area contributed by atoms with E-state index < -0.39 is 0 Å². The minimum atomic E-state index is -0.283. The molecule has 0 amide bonds. The molecule has 0 aliphatic carbocycles. The zero-order chi connectivity index (χ0) is 20.4. The molecule has 0 unspecified atom stereocenters. The molecule has 7 heteroatoms. The van der Waals surface area contributed by atoms with Crippen LogP contribution in [0.3, 0.4) is 0 Å². The number of rotatable bonds is 5. The van der Waals surface area contributed by atoms with Crippen LogP contribution in [-0.4, -0.2) is 33.5 Å². The van der Waals surface area contributed by atoms with E-state index in [1.165, 1.54) is 4.68 Å². The van der Waals surface area contributed by atoms with Gasteiger partial charge in [0.25, 0.3) is 5.56 Å². The van der Waals surface area contributed by atoms with E-state index >= 15 is 0 Å². The van der Waals surface area contributed by atoms with Gasteiger partial charge in [-0.2, -0.15) is 9.78 Å². The highest BCUT2D eigenvalue weighted by atomic mass is 16.5. The van der Waals surface area contributed by atoms with Crippen LogP contribution in [0, 0.1) is 6.92 Å². The van der Waals surface area contributed by atoms with Crippen LogP contribution in [0.25, 0.3) is 27.8 Å². The Morgan fingerprint density at radius 1 is 1.03 bits per heavy atom. The molecular weight excluding hydrogens is 368 g/mol. The molecule has 0 fully saturated rings. The van der Waals surface area contributed by atoms with Gasteiger partial charge in [-0.1, -0.05) is 6.07 Å². The number of benzene rings is 1. The second-order valence-corrected chi connectivity index (χ2v) is 6.43. The van der Waals surface area contributed by atoms with E-state index in [-0.39, 0.29) is 5.56 Å². The van der Waals surface area contributed by atoms with Crippen molar-refractivity contribution in [1.82, 2.24) is 19.7 Å². The third kappa shape index (κ3) is 3.54. The maximum absolute atomic E-state index is 13.5. The van der Waals surface area contributed by atoms with E-state index in [2.05, 4.69) is 15.1 Å². The Bertz CT molecular complexity index is 1220. The Morgan fingerprint density at radius 2 is 1.83 bits per heavy atom. The van der Waals surface area contributed by atoms with Crippen molar-refractivity contribution in [2.24, 2.45) is 0 Å². The maximum Gasteiger partial charge on any atom is 0.281 e. The number of fused-ring (bicyclic) bond motifs is 1. The normalized spacial score (nSPS) is 10.9. The topological polar surface area (TPSA) is 79.1 Å². The standard InChI is InChI=1S/C22H20N4O3/c1-4-29-19-12-11-18-21(24-19)20(15-6-5-14(2)23-13-15)22(27)26(25-18)16-7-9-17(28-3)10-8-16/h5-13H,4H2,1-3H3. The van der Waals surface area contributed by atoms with Gasteiger partial charge in [0.05, 0.1) is 25.0 Å². The fourth-order valence-corrected chi connectivity index (χ4v) is 3.06. The summed E-state index contributed by atoms with van der Waals surface area (Å²) in [5, 5.41) is 4.53. The van der Waals surface area contributed by atoms with Crippen molar-refractivity contribution < 1.29 is 9.47 Å². The van der Waals surface area contributed by atoms with E-state index in [0.29, 0.717) is 46.1 Å². The zero-order valence-electron chi connectivity index (χ0n) is 16.4. The van der Waals surface area contributed by atoms with E-state index in [1.54, 1.807) is 49.7 Å². The highest BCUT2D eigenvalue weighted by molar-refractivity contribution is 5.90. The zero-order valence-corrected chi connectivity index (χ0v) is 16.4. The van der Waals surface area contributed by atoms with Crippen LogP contribution in [0.2, 0.25) is 0 Å². The largest absolute Gasteiger partial charge is 0.497 e. The molecule has 29 heavy (non-hydrogen) atoms. The Hall–Kier alpha value is -3.74. The molecule has 1 aromatic carbocycles. The average Bonchev–Trinajstić information content (AvgIpc) is 2.75. The first kappa shape index (κ1) is 18.6. The molecule has 0 aliphatic rings. The number of nitrogens with zero attached hydrogens (tertiary/aromatic N) is 4. The number of ether oxygens (including phenoxy) is 2. The average molecular weight is 388 g/mol. The molecule has 0 N–H and O–H groups in total. The van der Waals surface area contributed by atoms with Gasteiger partial charge in [0.1, 0.15) is 16.8 Å². The predicted octanol–water partition coefficient (Wildman–Crippen LogP) is 3.56. The molecule has 4 rings (SSSR count). The highest BCUT2D eigenvalue weighted by Gasteiger charge is 2.17. The number of aromatic nitrogens is 4. The lowest BCUT2D eigenvalue weighted by Crippen LogP contribution is -2.23. The summed E-state index contributed by atoms with van der Waals surface area (Å²) in [6, 6.07) is 14.4. The summed E-state index contributed by atoms with van der Waals surface area (Å²) in [6.45, 7) is 4.27. The molecule has 3 aromatic heterocycles. The van der Waals surface area contributed by atoms with Crippen molar-refractivity contribution in [2.75, 3.05) is 13.7 Å². The lowest BCUT2D eigenvalue weighted by Gasteiger charge is -2.12. The van der Waals surface area contributed by atoms with E-state index in [4.69, 9.17) is 9.47 Å². The lowest BCUT2D eigenvalue weighted by atomic mass is 10.1. The Morgan fingerprint density at radius 3 is 2.48 bits per heavy atom. The molecule has 0 radical (unpaired) electrons. The number of aryl methyl sites for hydroxylation is 1. The van der Waals surface area contributed by atoms with E-state index in [1.807, 2.05) is 26.0 Å². The van der Waals surface area contributed by atoms with Crippen LogP contribution in [0.4, 0.5) is 0 Å². The SMILES string of the molecule is CCOc1ccc2nn(-c3ccc(OC)cc3)c(=O)c(-c3ccc(C)nc3)c2n1. The van der Waals surface area contributed by atoms with E-state index in [0.717, 1.165) is 5.69 Å². The molecule has 0 saturated heterocycles. The smallest absolute Gasteiger partial charge is 0.281 e. The van der Waals surface area contributed by atoms with Gasteiger partial charge in [-0.15, -0.1) is 0 Å². The summed E-state index contributed by atoms with van der Waals surface area (Å²) >= 11 is 0. The quantitative estimate of drug-likeness (QED) is 0.520. The fraction of sp³-hybridized carbons (Fsp3) is 0.182. The predicted molar refractivity (Wildman–Crippen MR) is 111 cm³/mol. The monoisotopic (exact) mass is 388 g/mol. The highest BCUT2D eigenvalue weighted by Crippen LogP contribution is 2.25. The Labute approximate surface area is 167 Å². The van der Waals surface area contributed by atoms with Crippen molar-refractivity contribution in [3.8, 4) is 28.4 Å². The van der Waals surface area contributed by atoms with Gasteiger partial charge in [0.15, 0.2) is 0 Å². The van der Waals surface area contributed by atoms with Crippen LogP contribution >= 0.6 is 0 Å². The summed E-state index contributed by atoms with van der Waals surface area (Å²) < 4.78 is 12.1. The fourth-order valence-electron chi connectivity index (χ4n) is 3.06. The van der Waals surface area contributed by atoms with Crippen LogP contribution < -0.4 is 15.0 Å². The molecule has 0 aliphatic heterocycles.